The number of carbonyl (C=O) groups is 1. The third-order valence-electron chi connectivity index (χ3n) is 7.00. The highest BCUT2D eigenvalue weighted by molar-refractivity contribution is 5.88. The van der Waals surface area contributed by atoms with Crippen LogP contribution in [-0.2, 0) is 18.4 Å². The van der Waals surface area contributed by atoms with E-state index in [1.807, 2.05) is 31.4 Å². The van der Waals surface area contributed by atoms with Gasteiger partial charge in [0.1, 0.15) is 24.0 Å². The van der Waals surface area contributed by atoms with E-state index in [4.69, 9.17) is 0 Å². The van der Waals surface area contributed by atoms with Crippen molar-refractivity contribution in [1.82, 2.24) is 34.9 Å². The number of carbonyl (C=O) groups excluding carboxylic acids is 1. The lowest BCUT2D eigenvalue weighted by Gasteiger charge is -2.33. The Morgan fingerprint density at radius 2 is 2.05 bits per heavy atom. The van der Waals surface area contributed by atoms with Crippen LogP contribution in [-0.4, -0.2) is 55.9 Å². The van der Waals surface area contributed by atoms with Gasteiger partial charge in [0.25, 0.3) is 0 Å². The molecule has 0 saturated carbocycles. The van der Waals surface area contributed by atoms with Gasteiger partial charge < -0.3 is 20.1 Å². The topological polar surface area (TPSA) is 92.9 Å². The number of aromatic nitrogens is 5. The highest BCUT2D eigenvalue weighted by Gasteiger charge is 2.27. The summed E-state index contributed by atoms with van der Waals surface area (Å²) in [5, 5.41) is 12.8. The number of benzene rings is 2. The molecule has 188 valence electrons. The molecule has 37 heavy (non-hydrogen) atoms. The molecular weight excluding hydrogens is 471 g/mol. The summed E-state index contributed by atoms with van der Waals surface area (Å²) < 4.78 is 17.8. The average Bonchev–Trinajstić information content (AvgIpc) is 3.50. The zero-order valence-electron chi connectivity index (χ0n) is 20.6. The van der Waals surface area contributed by atoms with Crippen molar-refractivity contribution in [1.29, 1.82) is 0 Å². The molecule has 0 radical (unpaired) electrons. The van der Waals surface area contributed by atoms with E-state index in [9.17, 15) is 9.18 Å². The molecule has 3 aromatic heterocycles. The highest BCUT2D eigenvalue weighted by Crippen LogP contribution is 2.25. The third kappa shape index (κ3) is 4.29. The maximum Gasteiger partial charge on any atom is 0.239 e. The van der Waals surface area contributed by atoms with Crippen molar-refractivity contribution in [2.24, 2.45) is 7.05 Å². The summed E-state index contributed by atoms with van der Waals surface area (Å²) in [5.41, 5.74) is 3.88. The molecule has 6 rings (SSSR count). The lowest BCUT2D eigenvalue weighted by molar-refractivity contribution is -0.123. The first-order valence-electron chi connectivity index (χ1n) is 12.2. The fraction of sp³-hybridized carbons (Fsp3) is 0.259. The summed E-state index contributed by atoms with van der Waals surface area (Å²) in [7, 11) is 2.01. The van der Waals surface area contributed by atoms with E-state index in [2.05, 4.69) is 53.4 Å². The van der Waals surface area contributed by atoms with Crippen LogP contribution in [0.25, 0.3) is 27.6 Å². The standard InChI is InChI=1S/C27H27FN8O/c1-17-7-8-19(12-22(17)28)36-14-21-25(33-36)31-16-32-26(21)35-10-9-29-23(15-35)27(37)30-13-20-11-18-5-3-4-6-24(18)34(20)2/h3-8,11-12,14,16,23,29H,9-10,13,15H2,1-2H3,(H,30,37). The Kier molecular flexibility index (Phi) is 5.80. The second kappa shape index (κ2) is 9.29. The van der Waals surface area contributed by atoms with Crippen LogP contribution in [0.4, 0.5) is 10.2 Å². The molecule has 1 atom stereocenters. The van der Waals surface area contributed by atoms with Crippen LogP contribution >= 0.6 is 0 Å². The molecule has 0 aliphatic carbocycles. The van der Waals surface area contributed by atoms with Gasteiger partial charge in [-0.05, 0) is 42.1 Å². The number of amides is 1. The Balaban J connectivity index is 1.19. The Bertz CT molecular complexity index is 1620. The molecule has 1 fully saturated rings. The van der Waals surface area contributed by atoms with Crippen LogP contribution in [0.2, 0.25) is 0 Å². The van der Waals surface area contributed by atoms with Crippen LogP contribution in [0.3, 0.4) is 0 Å². The number of fused-ring (bicyclic) bond motifs is 2. The molecule has 0 bridgehead atoms. The van der Waals surface area contributed by atoms with Crippen molar-refractivity contribution in [3.63, 3.8) is 0 Å². The van der Waals surface area contributed by atoms with E-state index >= 15 is 0 Å². The van der Waals surface area contributed by atoms with Gasteiger partial charge >= 0.3 is 0 Å². The monoisotopic (exact) mass is 498 g/mol. The first-order chi connectivity index (χ1) is 18.0. The van der Waals surface area contributed by atoms with Crippen LogP contribution in [0.1, 0.15) is 11.3 Å². The molecule has 1 aliphatic heterocycles. The normalized spacial score (nSPS) is 16.0. The molecule has 0 spiro atoms. The van der Waals surface area contributed by atoms with Gasteiger partial charge in [0, 0.05) is 44.1 Å². The number of nitrogens with zero attached hydrogens (tertiary/aromatic N) is 6. The molecule has 1 saturated heterocycles. The highest BCUT2D eigenvalue weighted by atomic mass is 19.1. The molecule has 9 nitrogen and oxygen atoms in total. The predicted molar refractivity (Wildman–Crippen MR) is 140 cm³/mol. The first-order valence-corrected chi connectivity index (χ1v) is 12.2. The minimum Gasteiger partial charge on any atom is -0.353 e. The van der Waals surface area contributed by atoms with Gasteiger partial charge in [-0.25, -0.2) is 19.0 Å². The van der Waals surface area contributed by atoms with Gasteiger partial charge in [0.05, 0.1) is 17.6 Å². The van der Waals surface area contributed by atoms with Gasteiger partial charge in [-0.1, -0.05) is 24.3 Å². The van der Waals surface area contributed by atoms with Crippen LogP contribution < -0.4 is 15.5 Å². The van der Waals surface area contributed by atoms with Crippen LogP contribution in [0.15, 0.2) is 61.1 Å². The third-order valence-corrected chi connectivity index (χ3v) is 7.00. The molecule has 5 aromatic rings. The zero-order chi connectivity index (χ0) is 25.5. The van der Waals surface area contributed by atoms with Gasteiger partial charge in [-0.15, -0.1) is 5.10 Å². The number of hydrogen-bond acceptors (Lipinski definition) is 6. The smallest absolute Gasteiger partial charge is 0.239 e. The maximum atomic E-state index is 14.1. The van der Waals surface area contributed by atoms with Crippen molar-refractivity contribution in [2.45, 2.75) is 19.5 Å². The zero-order valence-corrected chi connectivity index (χ0v) is 20.6. The molecular formula is C27H27FN8O. The minimum absolute atomic E-state index is 0.0638. The average molecular weight is 499 g/mol. The predicted octanol–water partition coefficient (Wildman–Crippen LogP) is 2.85. The van der Waals surface area contributed by atoms with E-state index in [1.165, 1.54) is 12.4 Å². The Hall–Kier alpha value is -4.31. The largest absolute Gasteiger partial charge is 0.353 e. The molecule has 4 heterocycles. The van der Waals surface area contributed by atoms with Gasteiger partial charge in [0.15, 0.2) is 5.65 Å². The molecule has 2 N–H and O–H groups in total. The van der Waals surface area contributed by atoms with Crippen molar-refractivity contribution in [3.8, 4) is 5.69 Å². The Morgan fingerprint density at radius 3 is 2.89 bits per heavy atom. The number of piperazine rings is 1. The molecule has 1 aliphatic rings. The number of nitrogens with one attached hydrogen (secondary N) is 2. The number of para-hydroxylation sites is 1. The minimum atomic E-state index is -0.394. The fourth-order valence-corrected chi connectivity index (χ4v) is 4.87. The Morgan fingerprint density at radius 1 is 1.19 bits per heavy atom. The summed E-state index contributed by atoms with van der Waals surface area (Å²) in [6, 6.07) is 14.9. The van der Waals surface area contributed by atoms with E-state index < -0.39 is 6.04 Å². The number of hydrogen-bond donors (Lipinski definition) is 2. The van der Waals surface area contributed by atoms with Crippen molar-refractivity contribution < 1.29 is 9.18 Å². The van der Waals surface area contributed by atoms with Crippen molar-refractivity contribution in [3.05, 3.63) is 78.1 Å². The van der Waals surface area contributed by atoms with Crippen molar-refractivity contribution >= 4 is 33.7 Å². The van der Waals surface area contributed by atoms with Gasteiger partial charge in [0.2, 0.25) is 5.91 Å². The lowest BCUT2D eigenvalue weighted by atomic mass is 10.2. The summed E-state index contributed by atoms with van der Waals surface area (Å²) in [6.45, 7) is 3.94. The van der Waals surface area contributed by atoms with E-state index in [0.29, 0.717) is 48.9 Å². The number of aryl methyl sites for hydroxylation is 2. The first kappa shape index (κ1) is 23.1. The van der Waals surface area contributed by atoms with Crippen LogP contribution in [0, 0.1) is 12.7 Å². The van der Waals surface area contributed by atoms with Gasteiger partial charge in [-0.2, -0.15) is 0 Å². The van der Waals surface area contributed by atoms with Gasteiger partial charge in [-0.3, -0.25) is 4.79 Å². The quantitative estimate of drug-likeness (QED) is 0.387. The number of anilines is 1. The summed E-state index contributed by atoms with van der Waals surface area (Å²) >= 11 is 0. The summed E-state index contributed by atoms with van der Waals surface area (Å²) in [5.74, 6) is 0.352. The molecule has 10 heteroatoms. The summed E-state index contributed by atoms with van der Waals surface area (Å²) in [4.78, 5) is 24.0. The van der Waals surface area contributed by atoms with E-state index in [-0.39, 0.29) is 11.7 Å². The SMILES string of the molecule is Cc1ccc(-n2cc3c(N4CCNC(C(=O)NCc5cc6ccccc6n5C)C4)ncnc3n2)cc1F. The maximum absolute atomic E-state index is 14.1. The molecule has 1 unspecified atom stereocenters. The Labute approximate surface area is 212 Å². The van der Waals surface area contributed by atoms with E-state index in [0.717, 1.165) is 22.0 Å². The second-order valence-electron chi connectivity index (χ2n) is 9.37. The van der Waals surface area contributed by atoms with Crippen molar-refractivity contribution in [2.75, 3.05) is 24.5 Å². The van der Waals surface area contributed by atoms with E-state index in [1.54, 1.807) is 17.7 Å². The van der Waals surface area contributed by atoms with Crippen LogP contribution in [0.5, 0.6) is 0 Å². The second-order valence-corrected chi connectivity index (χ2v) is 9.37. The summed E-state index contributed by atoms with van der Waals surface area (Å²) in [6.07, 6.45) is 3.29. The fourth-order valence-electron chi connectivity index (χ4n) is 4.87. The lowest BCUT2D eigenvalue weighted by Crippen LogP contribution is -2.57. The molecule has 1 amide bonds. The number of rotatable bonds is 5. The number of halogens is 1. The molecule has 2 aromatic carbocycles.